The Morgan fingerprint density at radius 2 is 2.35 bits per heavy atom. The SMILES string of the molecule is CC1CN(S(=O)(=O)c2cnn(CCCO)c2)CCCO1. The first kappa shape index (κ1) is 15.4. The zero-order valence-corrected chi connectivity index (χ0v) is 12.4. The van der Waals surface area contributed by atoms with Gasteiger partial charge in [-0.2, -0.15) is 9.40 Å². The maximum absolute atomic E-state index is 12.5. The molecular formula is C12H21N3O4S. The highest BCUT2D eigenvalue weighted by molar-refractivity contribution is 7.89. The van der Waals surface area contributed by atoms with Gasteiger partial charge in [-0.05, 0) is 19.8 Å². The Morgan fingerprint density at radius 1 is 1.55 bits per heavy atom. The third-order valence-electron chi connectivity index (χ3n) is 3.21. The molecule has 0 aromatic carbocycles. The molecule has 20 heavy (non-hydrogen) atoms. The molecule has 1 saturated heterocycles. The van der Waals surface area contributed by atoms with Crippen LogP contribution in [0.2, 0.25) is 0 Å². The Labute approximate surface area is 119 Å². The molecular weight excluding hydrogens is 282 g/mol. The second kappa shape index (κ2) is 6.66. The predicted molar refractivity (Wildman–Crippen MR) is 72.7 cm³/mol. The highest BCUT2D eigenvalue weighted by Crippen LogP contribution is 2.18. The van der Waals surface area contributed by atoms with Gasteiger partial charge in [-0.1, -0.05) is 0 Å². The van der Waals surface area contributed by atoms with Crippen LogP contribution in [0, 0.1) is 0 Å². The maximum Gasteiger partial charge on any atom is 0.246 e. The summed E-state index contributed by atoms with van der Waals surface area (Å²) in [5.74, 6) is 0. The molecule has 1 unspecified atom stereocenters. The van der Waals surface area contributed by atoms with Crippen molar-refractivity contribution >= 4 is 10.0 Å². The second-order valence-corrected chi connectivity index (χ2v) is 6.85. The van der Waals surface area contributed by atoms with Gasteiger partial charge in [0.1, 0.15) is 4.90 Å². The van der Waals surface area contributed by atoms with Crippen LogP contribution in [0.25, 0.3) is 0 Å². The van der Waals surface area contributed by atoms with Gasteiger partial charge in [-0.3, -0.25) is 4.68 Å². The second-order valence-electron chi connectivity index (χ2n) is 4.91. The molecule has 0 amide bonds. The molecule has 2 heterocycles. The van der Waals surface area contributed by atoms with Crippen molar-refractivity contribution in [2.24, 2.45) is 0 Å². The highest BCUT2D eigenvalue weighted by atomic mass is 32.2. The van der Waals surface area contributed by atoms with E-state index in [4.69, 9.17) is 9.84 Å². The summed E-state index contributed by atoms with van der Waals surface area (Å²) in [7, 11) is -3.51. The largest absolute Gasteiger partial charge is 0.396 e. The summed E-state index contributed by atoms with van der Waals surface area (Å²) in [5.41, 5.74) is 0. The van der Waals surface area contributed by atoms with Gasteiger partial charge in [-0.15, -0.1) is 0 Å². The van der Waals surface area contributed by atoms with E-state index in [0.29, 0.717) is 39.1 Å². The molecule has 0 spiro atoms. The van der Waals surface area contributed by atoms with Gasteiger partial charge in [-0.25, -0.2) is 8.42 Å². The van der Waals surface area contributed by atoms with Crippen LogP contribution >= 0.6 is 0 Å². The van der Waals surface area contributed by atoms with Crippen molar-refractivity contribution in [3.8, 4) is 0 Å². The van der Waals surface area contributed by atoms with Crippen LogP contribution in [0.1, 0.15) is 19.8 Å². The smallest absolute Gasteiger partial charge is 0.246 e. The van der Waals surface area contributed by atoms with Crippen LogP contribution in [0.3, 0.4) is 0 Å². The van der Waals surface area contributed by atoms with Crippen molar-refractivity contribution in [2.75, 3.05) is 26.3 Å². The molecule has 1 atom stereocenters. The minimum absolute atomic E-state index is 0.0585. The number of nitrogens with zero attached hydrogens (tertiary/aromatic N) is 3. The van der Waals surface area contributed by atoms with Gasteiger partial charge in [0.2, 0.25) is 10.0 Å². The Kier molecular flexibility index (Phi) is 5.14. The van der Waals surface area contributed by atoms with Crippen molar-refractivity contribution in [1.82, 2.24) is 14.1 Å². The fourth-order valence-corrected chi connectivity index (χ4v) is 3.67. The van der Waals surface area contributed by atoms with Gasteiger partial charge >= 0.3 is 0 Å². The number of rotatable bonds is 5. The van der Waals surface area contributed by atoms with E-state index in [1.807, 2.05) is 6.92 Å². The van der Waals surface area contributed by atoms with E-state index in [-0.39, 0.29) is 17.6 Å². The molecule has 1 aliphatic rings. The van der Waals surface area contributed by atoms with E-state index < -0.39 is 10.0 Å². The first-order chi connectivity index (χ1) is 9.54. The summed E-state index contributed by atoms with van der Waals surface area (Å²) in [5, 5.41) is 12.8. The summed E-state index contributed by atoms with van der Waals surface area (Å²) in [6.45, 7) is 3.86. The number of sulfonamides is 1. The number of hydrogen-bond acceptors (Lipinski definition) is 5. The van der Waals surface area contributed by atoms with Crippen LogP contribution in [0.4, 0.5) is 0 Å². The number of hydrogen-bond donors (Lipinski definition) is 1. The molecule has 0 bridgehead atoms. The zero-order valence-electron chi connectivity index (χ0n) is 11.6. The Bertz CT molecular complexity index is 529. The third kappa shape index (κ3) is 3.57. The molecule has 0 aliphatic carbocycles. The molecule has 1 aromatic rings. The average molecular weight is 303 g/mol. The molecule has 0 radical (unpaired) electrons. The first-order valence-electron chi connectivity index (χ1n) is 6.79. The standard InChI is InChI=1S/C12H21N3O4S/c1-11-9-15(5-3-7-19-11)20(17,18)12-8-13-14(10-12)4-2-6-16/h8,10-11,16H,2-7,9H2,1H3. The fraction of sp³-hybridized carbons (Fsp3) is 0.750. The molecule has 1 aromatic heterocycles. The summed E-state index contributed by atoms with van der Waals surface area (Å²) in [6, 6.07) is 0. The summed E-state index contributed by atoms with van der Waals surface area (Å²) >= 11 is 0. The summed E-state index contributed by atoms with van der Waals surface area (Å²) < 4.78 is 33.5. The van der Waals surface area contributed by atoms with Crippen LogP contribution < -0.4 is 0 Å². The minimum atomic E-state index is -3.51. The van der Waals surface area contributed by atoms with Crippen molar-refractivity contribution in [1.29, 1.82) is 0 Å². The first-order valence-corrected chi connectivity index (χ1v) is 8.23. The molecule has 8 heteroatoms. The van der Waals surface area contributed by atoms with Gasteiger partial charge in [0.05, 0.1) is 12.3 Å². The monoisotopic (exact) mass is 303 g/mol. The van der Waals surface area contributed by atoms with Crippen molar-refractivity contribution in [3.63, 3.8) is 0 Å². The van der Waals surface area contributed by atoms with Crippen molar-refractivity contribution < 1.29 is 18.3 Å². The fourth-order valence-electron chi connectivity index (χ4n) is 2.16. The van der Waals surface area contributed by atoms with E-state index >= 15 is 0 Å². The molecule has 1 fully saturated rings. The number of aromatic nitrogens is 2. The number of aliphatic hydroxyl groups is 1. The van der Waals surface area contributed by atoms with E-state index in [1.54, 1.807) is 4.68 Å². The predicted octanol–water partition coefficient (Wildman–Crippen LogP) is 0.0650. The van der Waals surface area contributed by atoms with Gasteiger partial charge in [0.25, 0.3) is 0 Å². The van der Waals surface area contributed by atoms with Crippen LogP contribution in [0.15, 0.2) is 17.3 Å². The topological polar surface area (TPSA) is 84.7 Å². The number of aliphatic hydroxyl groups excluding tert-OH is 1. The van der Waals surface area contributed by atoms with E-state index in [2.05, 4.69) is 5.10 Å². The zero-order chi connectivity index (χ0) is 14.6. The Morgan fingerprint density at radius 3 is 3.10 bits per heavy atom. The molecule has 7 nitrogen and oxygen atoms in total. The highest BCUT2D eigenvalue weighted by Gasteiger charge is 2.28. The normalized spacial score (nSPS) is 21.8. The van der Waals surface area contributed by atoms with E-state index in [1.165, 1.54) is 16.7 Å². The summed E-state index contributed by atoms with van der Waals surface area (Å²) in [4.78, 5) is 0.199. The molecule has 114 valence electrons. The molecule has 2 rings (SSSR count). The van der Waals surface area contributed by atoms with Crippen LogP contribution in [0.5, 0.6) is 0 Å². The van der Waals surface area contributed by atoms with Crippen LogP contribution in [-0.2, 0) is 21.3 Å². The lowest BCUT2D eigenvalue weighted by molar-refractivity contribution is 0.0752. The van der Waals surface area contributed by atoms with E-state index in [0.717, 1.165) is 0 Å². The lowest BCUT2D eigenvalue weighted by atomic mass is 10.4. The van der Waals surface area contributed by atoms with Gasteiger partial charge in [0.15, 0.2) is 0 Å². The number of ether oxygens (including phenoxy) is 1. The lowest BCUT2D eigenvalue weighted by Crippen LogP contribution is -2.35. The Hall–Kier alpha value is -0.960. The average Bonchev–Trinajstić information content (AvgIpc) is 2.78. The van der Waals surface area contributed by atoms with E-state index in [9.17, 15) is 8.42 Å². The van der Waals surface area contributed by atoms with Crippen molar-refractivity contribution in [2.45, 2.75) is 37.3 Å². The minimum Gasteiger partial charge on any atom is -0.396 e. The van der Waals surface area contributed by atoms with Crippen LogP contribution in [-0.4, -0.2) is 60.0 Å². The Balaban J connectivity index is 2.14. The number of aryl methyl sites for hydroxylation is 1. The maximum atomic E-state index is 12.5. The molecule has 0 saturated carbocycles. The molecule has 1 aliphatic heterocycles. The van der Waals surface area contributed by atoms with Gasteiger partial charge in [0, 0.05) is 39.0 Å². The molecule has 1 N–H and O–H groups in total. The van der Waals surface area contributed by atoms with Crippen molar-refractivity contribution in [3.05, 3.63) is 12.4 Å². The third-order valence-corrected chi connectivity index (χ3v) is 5.03. The lowest BCUT2D eigenvalue weighted by Gasteiger charge is -2.20. The van der Waals surface area contributed by atoms with Gasteiger partial charge < -0.3 is 9.84 Å². The summed E-state index contributed by atoms with van der Waals surface area (Å²) in [6.07, 6.45) is 4.03. The quantitative estimate of drug-likeness (QED) is 0.832.